The molecule has 1 aromatic heterocycles. The molecular formula is C15H14F3N3OS. The van der Waals surface area contributed by atoms with Crippen molar-refractivity contribution in [3.8, 4) is 0 Å². The number of aryl methyl sites for hydroxylation is 1. The van der Waals surface area contributed by atoms with Crippen molar-refractivity contribution in [1.82, 2.24) is 4.98 Å². The lowest BCUT2D eigenvalue weighted by atomic mass is 9.99. The summed E-state index contributed by atoms with van der Waals surface area (Å²) < 4.78 is 37.5. The Bertz CT molecular complexity index is 725. The molecule has 2 aromatic rings. The van der Waals surface area contributed by atoms with Gasteiger partial charge in [0.05, 0.1) is 11.3 Å². The van der Waals surface area contributed by atoms with Crippen LogP contribution in [0.3, 0.4) is 0 Å². The minimum Gasteiger partial charge on any atom is -0.327 e. The molecule has 0 fully saturated rings. The Morgan fingerprint density at radius 3 is 2.65 bits per heavy atom. The van der Waals surface area contributed by atoms with E-state index in [1.807, 2.05) is 0 Å². The van der Waals surface area contributed by atoms with E-state index in [1.54, 1.807) is 0 Å². The predicted octanol–water partition coefficient (Wildman–Crippen LogP) is 3.23. The van der Waals surface area contributed by atoms with Crippen LogP contribution in [-0.4, -0.2) is 16.9 Å². The van der Waals surface area contributed by atoms with E-state index in [9.17, 15) is 18.0 Å². The number of carbonyl (C=O) groups excluding carboxylic acids is 1. The molecule has 4 nitrogen and oxygen atoms in total. The summed E-state index contributed by atoms with van der Waals surface area (Å²) >= 11 is 1.37. The third-order valence-electron chi connectivity index (χ3n) is 3.67. The molecule has 0 saturated carbocycles. The molecule has 1 heterocycles. The molecule has 0 bridgehead atoms. The summed E-state index contributed by atoms with van der Waals surface area (Å²) in [4.78, 5) is 17.5. The van der Waals surface area contributed by atoms with Gasteiger partial charge >= 0.3 is 6.18 Å². The summed E-state index contributed by atoms with van der Waals surface area (Å²) in [5.41, 5.74) is 6.21. The van der Waals surface area contributed by atoms with E-state index in [4.69, 9.17) is 5.73 Å². The zero-order valence-electron chi connectivity index (χ0n) is 12.0. The van der Waals surface area contributed by atoms with Crippen LogP contribution in [0.1, 0.15) is 32.9 Å². The number of nitrogens with two attached hydrogens (primary N) is 1. The fraction of sp³-hybridized carbons (Fsp3) is 0.333. The fourth-order valence-electron chi connectivity index (χ4n) is 2.43. The highest BCUT2D eigenvalue weighted by Gasteiger charge is 2.30. The van der Waals surface area contributed by atoms with E-state index in [0.29, 0.717) is 5.13 Å². The van der Waals surface area contributed by atoms with Crippen molar-refractivity contribution in [2.24, 2.45) is 5.73 Å². The number of amides is 1. The third kappa shape index (κ3) is 3.53. The number of alkyl halides is 3. The van der Waals surface area contributed by atoms with E-state index in [0.717, 1.165) is 54.1 Å². The van der Waals surface area contributed by atoms with Gasteiger partial charge in [0, 0.05) is 16.5 Å². The lowest BCUT2D eigenvalue weighted by Gasteiger charge is -2.15. The number of fused-ring (bicyclic) bond motifs is 1. The maximum Gasteiger partial charge on any atom is 0.416 e. The molecule has 0 radical (unpaired) electrons. The molecule has 3 rings (SSSR count). The van der Waals surface area contributed by atoms with Crippen LogP contribution in [0.2, 0.25) is 0 Å². The highest BCUT2D eigenvalue weighted by molar-refractivity contribution is 7.15. The first-order valence-corrected chi connectivity index (χ1v) is 7.87. The van der Waals surface area contributed by atoms with Crippen molar-refractivity contribution in [3.05, 3.63) is 46.0 Å². The Morgan fingerprint density at radius 2 is 2.00 bits per heavy atom. The number of aromatic nitrogens is 1. The van der Waals surface area contributed by atoms with Crippen LogP contribution in [0.15, 0.2) is 24.3 Å². The second-order valence-electron chi connectivity index (χ2n) is 5.42. The van der Waals surface area contributed by atoms with Gasteiger partial charge in [-0.2, -0.15) is 13.2 Å². The molecule has 0 saturated heterocycles. The number of anilines is 1. The van der Waals surface area contributed by atoms with Crippen LogP contribution >= 0.6 is 11.3 Å². The Hall–Kier alpha value is -1.93. The van der Waals surface area contributed by atoms with Gasteiger partial charge < -0.3 is 5.73 Å². The Labute approximate surface area is 134 Å². The molecule has 0 aliphatic heterocycles. The quantitative estimate of drug-likeness (QED) is 0.881. The maximum absolute atomic E-state index is 12.5. The van der Waals surface area contributed by atoms with Crippen LogP contribution in [0.25, 0.3) is 0 Å². The molecule has 1 aromatic carbocycles. The van der Waals surface area contributed by atoms with E-state index >= 15 is 0 Å². The third-order valence-corrected chi connectivity index (χ3v) is 4.71. The highest BCUT2D eigenvalue weighted by Crippen LogP contribution is 2.31. The van der Waals surface area contributed by atoms with Crippen molar-refractivity contribution in [2.75, 3.05) is 5.32 Å². The largest absolute Gasteiger partial charge is 0.416 e. The summed E-state index contributed by atoms with van der Waals surface area (Å²) in [6.07, 6.45) is -2.03. The summed E-state index contributed by atoms with van der Waals surface area (Å²) in [6.45, 7) is 0. The normalized spacial score (nSPS) is 17.7. The van der Waals surface area contributed by atoms with E-state index < -0.39 is 17.6 Å². The van der Waals surface area contributed by atoms with Gasteiger partial charge in [-0.1, -0.05) is 0 Å². The first kappa shape index (κ1) is 15.9. The van der Waals surface area contributed by atoms with Crippen LogP contribution in [-0.2, 0) is 19.0 Å². The van der Waals surface area contributed by atoms with Gasteiger partial charge in [-0.25, -0.2) is 4.98 Å². The molecule has 0 spiro atoms. The van der Waals surface area contributed by atoms with E-state index in [-0.39, 0.29) is 11.6 Å². The number of hydrogen-bond acceptors (Lipinski definition) is 4. The molecule has 1 aliphatic rings. The van der Waals surface area contributed by atoms with Crippen molar-refractivity contribution >= 4 is 22.4 Å². The minimum atomic E-state index is -4.41. The SMILES string of the molecule is N[C@H]1CCc2nc(NC(=O)c3ccc(C(F)(F)F)cc3)sc2C1. The van der Waals surface area contributed by atoms with Crippen molar-refractivity contribution in [1.29, 1.82) is 0 Å². The Kier molecular flexibility index (Phi) is 4.11. The summed E-state index contributed by atoms with van der Waals surface area (Å²) in [5.74, 6) is -0.478. The first-order chi connectivity index (χ1) is 10.8. The summed E-state index contributed by atoms with van der Waals surface area (Å²) in [6, 6.07) is 4.20. The van der Waals surface area contributed by atoms with Gasteiger partial charge in [0.15, 0.2) is 5.13 Å². The number of halogens is 3. The van der Waals surface area contributed by atoms with E-state index in [2.05, 4.69) is 10.3 Å². The number of benzene rings is 1. The molecule has 8 heteroatoms. The Morgan fingerprint density at radius 1 is 1.30 bits per heavy atom. The van der Waals surface area contributed by atoms with Crippen LogP contribution in [0.5, 0.6) is 0 Å². The van der Waals surface area contributed by atoms with Crippen LogP contribution in [0, 0.1) is 0 Å². The zero-order valence-corrected chi connectivity index (χ0v) is 12.8. The number of carbonyl (C=O) groups is 1. The van der Waals surface area contributed by atoms with Gasteiger partial charge in [-0.05, 0) is 43.5 Å². The number of rotatable bonds is 2. The molecule has 3 N–H and O–H groups in total. The second-order valence-corrected chi connectivity index (χ2v) is 6.50. The first-order valence-electron chi connectivity index (χ1n) is 7.05. The van der Waals surface area contributed by atoms with Crippen molar-refractivity contribution in [2.45, 2.75) is 31.5 Å². The number of thiazole rings is 1. The predicted molar refractivity (Wildman–Crippen MR) is 81.5 cm³/mol. The van der Waals surface area contributed by atoms with Gasteiger partial charge in [-0.3, -0.25) is 10.1 Å². The molecule has 1 amide bonds. The molecule has 23 heavy (non-hydrogen) atoms. The molecular weight excluding hydrogens is 327 g/mol. The van der Waals surface area contributed by atoms with Crippen LogP contribution in [0.4, 0.5) is 18.3 Å². The fourth-order valence-corrected chi connectivity index (χ4v) is 3.53. The molecule has 1 atom stereocenters. The van der Waals surface area contributed by atoms with Gasteiger partial charge in [0.1, 0.15) is 0 Å². The van der Waals surface area contributed by atoms with Gasteiger partial charge in [0.25, 0.3) is 5.91 Å². The summed E-state index contributed by atoms with van der Waals surface area (Å²) in [5, 5.41) is 3.09. The maximum atomic E-state index is 12.5. The van der Waals surface area contributed by atoms with Crippen molar-refractivity contribution in [3.63, 3.8) is 0 Å². The molecule has 0 unspecified atom stereocenters. The van der Waals surface area contributed by atoms with Gasteiger partial charge in [0.2, 0.25) is 0 Å². The lowest BCUT2D eigenvalue weighted by molar-refractivity contribution is -0.137. The average molecular weight is 341 g/mol. The number of nitrogens with one attached hydrogen (secondary N) is 1. The Balaban J connectivity index is 1.72. The van der Waals surface area contributed by atoms with Gasteiger partial charge in [-0.15, -0.1) is 11.3 Å². The summed E-state index contributed by atoms with van der Waals surface area (Å²) in [7, 11) is 0. The smallest absolute Gasteiger partial charge is 0.327 e. The average Bonchev–Trinajstić information content (AvgIpc) is 2.87. The van der Waals surface area contributed by atoms with Crippen molar-refractivity contribution < 1.29 is 18.0 Å². The monoisotopic (exact) mass is 341 g/mol. The van der Waals surface area contributed by atoms with Crippen LogP contribution < -0.4 is 11.1 Å². The highest BCUT2D eigenvalue weighted by atomic mass is 32.1. The zero-order chi connectivity index (χ0) is 16.6. The minimum absolute atomic E-state index is 0.112. The molecule has 1 aliphatic carbocycles. The number of hydrogen-bond donors (Lipinski definition) is 2. The van der Waals surface area contributed by atoms with E-state index in [1.165, 1.54) is 11.3 Å². The second kappa shape index (κ2) is 5.93. The topological polar surface area (TPSA) is 68.0 Å². The number of nitrogens with zero attached hydrogens (tertiary/aromatic N) is 1. The molecule has 122 valence electrons. The standard InChI is InChI=1S/C15H14F3N3OS/c16-15(17,18)9-3-1-8(2-4-9)13(22)21-14-20-11-6-5-10(19)7-12(11)23-14/h1-4,10H,5-7,19H2,(H,20,21,22)/t10-/m0/s1. The lowest BCUT2D eigenvalue weighted by Crippen LogP contribution is -2.27.